The van der Waals surface area contributed by atoms with E-state index in [1.807, 2.05) is 30.9 Å². The molecule has 0 saturated carbocycles. The molecule has 0 aromatic rings. The first-order chi connectivity index (χ1) is 10.4. The van der Waals surface area contributed by atoms with E-state index in [1.165, 1.54) is 12.2 Å². The highest BCUT2D eigenvalue weighted by Gasteiger charge is 2.07. The second kappa shape index (κ2) is 11.6. The van der Waals surface area contributed by atoms with Crippen LogP contribution in [0.4, 0.5) is 8.78 Å². The molecule has 0 unspecified atom stereocenters. The number of guanidine groups is 1. The Labute approximate surface area is 131 Å². The van der Waals surface area contributed by atoms with Crippen molar-refractivity contribution in [2.45, 2.75) is 12.8 Å². The zero-order chi connectivity index (χ0) is 17.0. The molecule has 0 radical (unpaired) electrons. The van der Waals surface area contributed by atoms with E-state index in [-0.39, 0.29) is 5.70 Å². The first-order valence-corrected chi connectivity index (χ1v) is 6.88. The van der Waals surface area contributed by atoms with Crippen LogP contribution < -0.4 is 5.73 Å². The summed E-state index contributed by atoms with van der Waals surface area (Å²) in [6.07, 6.45) is 5.79. The lowest BCUT2D eigenvalue weighted by molar-refractivity contribution is 0.188. The van der Waals surface area contributed by atoms with Gasteiger partial charge in [-0.1, -0.05) is 12.2 Å². The number of halogens is 2. The molecule has 0 atom stereocenters. The van der Waals surface area contributed by atoms with Crippen molar-refractivity contribution in [3.8, 4) is 0 Å². The van der Waals surface area contributed by atoms with Gasteiger partial charge in [-0.2, -0.15) is 0 Å². The SMILES string of the molecule is C=N\C(=C/C=C/C=C/N=C(\N(C)C)N(C)CCCN)C(F)F. The van der Waals surface area contributed by atoms with Gasteiger partial charge in [0.2, 0.25) is 0 Å². The molecule has 0 rings (SSSR count). The Bertz CT molecular complexity index is 439. The third-order valence-electron chi connectivity index (χ3n) is 2.61. The highest BCUT2D eigenvalue weighted by Crippen LogP contribution is 2.08. The molecule has 5 nitrogen and oxygen atoms in total. The van der Waals surface area contributed by atoms with Crippen LogP contribution in [0.3, 0.4) is 0 Å². The van der Waals surface area contributed by atoms with E-state index >= 15 is 0 Å². The Hall–Kier alpha value is -2.02. The number of alkyl halides is 2. The average Bonchev–Trinajstić information content (AvgIpc) is 2.46. The zero-order valence-corrected chi connectivity index (χ0v) is 13.4. The Morgan fingerprint density at radius 1 is 1.23 bits per heavy atom. The minimum atomic E-state index is -2.62. The summed E-state index contributed by atoms with van der Waals surface area (Å²) in [5.74, 6) is 0.787. The van der Waals surface area contributed by atoms with Crippen LogP contribution in [0, 0.1) is 0 Å². The second-order valence-corrected chi connectivity index (χ2v) is 4.66. The highest BCUT2D eigenvalue weighted by atomic mass is 19.3. The van der Waals surface area contributed by atoms with Gasteiger partial charge in [0.25, 0.3) is 6.43 Å². The van der Waals surface area contributed by atoms with Gasteiger partial charge >= 0.3 is 0 Å². The Kier molecular flexibility index (Phi) is 10.6. The summed E-state index contributed by atoms with van der Waals surface area (Å²) in [5, 5.41) is 0. The fraction of sp³-hybridized carbons (Fsp3) is 0.467. The van der Waals surface area contributed by atoms with E-state index < -0.39 is 6.43 Å². The van der Waals surface area contributed by atoms with Gasteiger partial charge in [0.15, 0.2) is 5.96 Å². The fourth-order valence-electron chi connectivity index (χ4n) is 1.56. The smallest absolute Gasteiger partial charge is 0.280 e. The van der Waals surface area contributed by atoms with Crippen LogP contribution in [0.15, 0.2) is 46.2 Å². The number of allylic oxidation sites excluding steroid dienone is 5. The van der Waals surface area contributed by atoms with Crippen molar-refractivity contribution in [1.82, 2.24) is 9.80 Å². The molecule has 2 N–H and O–H groups in total. The van der Waals surface area contributed by atoms with Crippen molar-refractivity contribution in [1.29, 1.82) is 0 Å². The number of nitrogens with two attached hydrogens (primary N) is 1. The lowest BCUT2D eigenvalue weighted by Gasteiger charge is -2.25. The molecule has 0 spiro atoms. The van der Waals surface area contributed by atoms with Crippen LogP contribution in [0.5, 0.6) is 0 Å². The Morgan fingerprint density at radius 3 is 2.41 bits per heavy atom. The first-order valence-electron chi connectivity index (χ1n) is 6.88. The van der Waals surface area contributed by atoms with Crippen molar-refractivity contribution >= 4 is 12.7 Å². The molecule has 0 aliphatic carbocycles. The minimum Gasteiger partial charge on any atom is -0.349 e. The molecular formula is C15H25F2N5. The summed E-state index contributed by atoms with van der Waals surface area (Å²) < 4.78 is 24.7. The maximum atomic E-state index is 12.4. The molecule has 0 fully saturated rings. The molecular weight excluding hydrogens is 288 g/mol. The molecule has 0 heterocycles. The minimum absolute atomic E-state index is 0.358. The molecule has 0 saturated heterocycles. The predicted octanol–water partition coefficient (Wildman–Crippen LogP) is 2.10. The van der Waals surface area contributed by atoms with Crippen LogP contribution in [0.2, 0.25) is 0 Å². The number of aliphatic imine (C=N–C) groups is 2. The van der Waals surface area contributed by atoms with Gasteiger partial charge in [0, 0.05) is 33.9 Å². The lowest BCUT2D eigenvalue weighted by atomic mass is 10.3. The van der Waals surface area contributed by atoms with E-state index in [4.69, 9.17) is 5.73 Å². The number of hydrogen-bond donors (Lipinski definition) is 1. The summed E-state index contributed by atoms with van der Waals surface area (Å²) >= 11 is 0. The summed E-state index contributed by atoms with van der Waals surface area (Å²) in [6.45, 7) is 4.52. The van der Waals surface area contributed by atoms with Crippen LogP contribution >= 0.6 is 0 Å². The maximum absolute atomic E-state index is 12.4. The van der Waals surface area contributed by atoms with Crippen molar-refractivity contribution in [3.63, 3.8) is 0 Å². The first kappa shape index (κ1) is 20.0. The quantitative estimate of drug-likeness (QED) is 0.424. The molecule has 0 aromatic heterocycles. The fourth-order valence-corrected chi connectivity index (χ4v) is 1.56. The summed E-state index contributed by atoms with van der Waals surface area (Å²) in [7, 11) is 5.73. The molecule has 7 heteroatoms. The number of hydrogen-bond acceptors (Lipinski definition) is 3. The Balaban J connectivity index is 4.71. The standard InChI is InChI=1S/C15H25F2N5/c1-19-13(14(16)17)9-6-5-7-11-20-15(21(2)3)22(4)12-8-10-18/h5-7,9,11,14H,1,8,10,12,18H2,2-4H3/b6-5+,11-7+,13-9-,20-15+. The van der Waals surface area contributed by atoms with Crippen LogP contribution in [-0.4, -0.2) is 63.1 Å². The second-order valence-electron chi connectivity index (χ2n) is 4.66. The van der Waals surface area contributed by atoms with Crippen LogP contribution in [0.1, 0.15) is 6.42 Å². The lowest BCUT2D eigenvalue weighted by Crippen LogP contribution is -2.38. The predicted molar refractivity (Wildman–Crippen MR) is 89.3 cm³/mol. The van der Waals surface area contributed by atoms with Crippen molar-refractivity contribution in [2.75, 3.05) is 34.2 Å². The molecule has 22 heavy (non-hydrogen) atoms. The van der Waals surface area contributed by atoms with Crippen molar-refractivity contribution in [2.24, 2.45) is 15.7 Å². The van der Waals surface area contributed by atoms with Gasteiger partial charge < -0.3 is 15.5 Å². The molecule has 0 amide bonds. The monoisotopic (exact) mass is 313 g/mol. The number of rotatable bonds is 8. The van der Waals surface area contributed by atoms with Crippen LogP contribution in [0.25, 0.3) is 0 Å². The third kappa shape index (κ3) is 8.31. The zero-order valence-electron chi connectivity index (χ0n) is 13.4. The van der Waals surface area contributed by atoms with Crippen molar-refractivity contribution in [3.05, 3.63) is 36.2 Å². The third-order valence-corrected chi connectivity index (χ3v) is 2.61. The molecule has 0 aromatic carbocycles. The van der Waals surface area contributed by atoms with E-state index in [2.05, 4.69) is 16.7 Å². The van der Waals surface area contributed by atoms with E-state index in [0.717, 1.165) is 18.9 Å². The van der Waals surface area contributed by atoms with Gasteiger partial charge in [0.05, 0.1) is 0 Å². The molecule has 0 aliphatic rings. The molecule has 124 valence electrons. The van der Waals surface area contributed by atoms with E-state index in [1.54, 1.807) is 18.4 Å². The average molecular weight is 313 g/mol. The molecule has 0 aliphatic heterocycles. The molecule has 0 bridgehead atoms. The Morgan fingerprint density at radius 2 is 1.91 bits per heavy atom. The topological polar surface area (TPSA) is 57.2 Å². The van der Waals surface area contributed by atoms with E-state index in [0.29, 0.717) is 6.54 Å². The number of nitrogens with zero attached hydrogens (tertiary/aromatic N) is 4. The van der Waals surface area contributed by atoms with Crippen molar-refractivity contribution < 1.29 is 8.78 Å². The van der Waals surface area contributed by atoms with Gasteiger partial charge in [0.1, 0.15) is 5.70 Å². The highest BCUT2D eigenvalue weighted by molar-refractivity contribution is 5.79. The summed E-state index contributed by atoms with van der Waals surface area (Å²) in [6, 6.07) is 0. The van der Waals surface area contributed by atoms with Crippen LogP contribution in [-0.2, 0) is 0 Å². The van der Waals surface area contributed by atoms with Gasteiger partial charge in [-0.05, 0) is 31.8 Å². The maximum Gasteiger partial charge on any atom is 0.280 e. The largest absolute Gasteiger partial charge is 0.349 e. The normalized spacial score (nSPS) is 13.4. The summed E-state index contributed by atoms with van der Waals surface area (Å²) in [4.78, 5) is 11.5. The summed E-state index contributed by atoms with van der Waals surface area (Å²) in [5.41, 5.74) is 5.13. The van der Waals surface area contributed by atoms with Gasteiger partial charge in [-0.25, -0.2) is 13.8 Å². The van der Waals surface area contributed by atoms with Gasteiger partial charge in [-0.15, -0.1) is 0 Å². The van der Waals surface area contributed by atoms with Gasteiger partial charge in [-0.3, -0.25) is 4.99 Å². The van der Waals surface area contributed by atoms with E-state index in [9.17, 15) is 8.78 Å².